The molecule has 1 aromatic rings. The minimum absolute atomic E-state index is 0.750. The van der Waals surface area contributed by atoms with Crippen molar-refractivity contribution in [3.05, 3.63) is 42.0 Å². The van der Waals surface area contributed by atoms with E-state index in [4.69, 9.17) is 4.79 Å². The van der Waals surface area contributed by atoms with E-state index in [0.717, 1.165) is 18.1 Å². The number of aldehydes is 2. The molecular weight excluding hydrogens is 164 g/mol. The Morgan fingerprint density at radius 2 is 1.62 bits per heavy atom. The van der Waals surface area contributed by atoms with Crippen molar-refractivity contribution in [2.45, 2.75) is 6.92 Å². The Morgan fingerprint density at radius 3 is 2.08 bits per heavy atom. The molecule has 0 aliphatic heterocycles. The van der Waals surface area contributed by atoms with E-state index in [-0.39, 0.29) is 0 Å². The second-order valence-corrected chi connectivity index (χ2v) is 2.14. The molecular formula is C11H12O2. The van der Waals surface area contributed by atoms with Gasteiger partial charge in [-0.1, -0.05) is 36.4 Å². The first kappa shape index (κ1) is 11.3. The second kappa shape index (κ2) is 8.40. The van der Waals surface area contributed by atoms with Gasteiger partial charge in [-0.2, -0.15) is 0 Å². The van der Waals surface area contributed by atoms with Gasteiger partial charge in [0.05, 0.1) is 0 Å². The van der Waals surface area contributed by atoms with Crippen LogP contribution in [0.2, 0.25) is 0 Å². The van der Waals surface area contributed by atoms with E-state index < -0.39 is 0 Å². The van der Waals surface area contributed by atoms with E-state index in [1.54, 1.807) is 6.08 Å². The number of carbonyl (C=O) groups excluding carboxylic acids is 2. The summed E-state index contributed by atoms with van der Waals surface area (Å²) in [6.07, 6.45) is 4.77. The van der Waals surface area contributed by atoms with E-state index >= 15 is 0 Å². The van der Waals surface area contributed by atoms with Gasteiger partial charge in [0.25, 0.3) is 0 Å². The molecule has 0 aliphatic carbocycles. The predicted octanol–water partition coefficient (Wildman–Crippen LogP) is 2.10. The smallest absolute Gasteiger partial charge is 0.142 e. The maximum absolute atomic E-state index is 9.89. The summed E-state index contributed by atoms with van der Waals surface area (Å²) < 4.78 is 0. The Hall–Kier alpha value is -1.70. The van der Waals surface area contributed by atoms with Gasteiger partial charge in [0.1, 0.15) is 12.6 Å². The highest BCUT2D eigenvalue weighted by Crippen LogP contribution is 1.99. The van der Waals surface area contributed by atoms with Crippen molar-refractivity contribution in [3.8, 4) is 0 Å². The van der Waals surface area contributed by atoms with Gasteiger partial charge in [-0.25, -0.2) is 0 Å². The Balaban J connectivity index is 0.000000424. The van der Waals surface area contributed by atoms with Crippen LogP contribution in [0.4, 0.5) is 0 Å². The molecule has 0 bridgehead atoms. The van der Waals surface area contributed by atoms with Crippen LogP contribution in [0, 0.1) is 0 Å². The highest BCUT2D eigenvalue weighted by atomic mass is 16.1. The SMILES string of the molecule is CC=O.O=CC=Cc1ccccc1. The lowest BCUT2D eigenvalue weighted by molar-refractivity contribution is -0.106. The fourth-order valence-corrected chi connectivity index (χ4v) is 0.715. The third kappa shape index (κ3) is 6.69. The summed E-state index contributed by atoms with van der Waals surface area (Å²) in [5.74, 6) is 0. The molecule has 0 saturated carbocycles. The second-order valence-electron chi connectivity index (χ2n) is 2.14. The monoisotopic (exact) mass is 176 g/mol. The molecule has 0 aliphatic rings. The molecule has 68 valence electrons. The maximum Gasteiger partial charge on any atom is 0.142 e. The molecule has 2 nitrogen and oxygen atoms in total. The quantitative estimate of drug-likeness (QED) is 0.511. The fourth-order valence-electron chi connectivity index (χ4n) is 0.715. The van der Waals surface area contributed by atoms with Crippen molar-refractivity contribution >= 4 is 18.6 Å². The lowest BCUT2D eigenvalue weighted by atomic mass is 10.2. The van der Waals surface area contributed by atoms with Gasteiger partial charge in [-0.15, -0.1) is 0 Å². The first-order valence-electron chi connectivity index (χ1n) is 3.91. The molecule has 0 amide bonds. The van der Waals surface area contributed by atoms with E-state index in [1.807, 2.05) is 30.3 Å². The standard InChI is InChI=1S/C9H8O.C2H4O/c10-8-4-7-9-5-2-1-3-6-9;1-2-3/h1-8H;2H,1H3. The van der Waals surface area contributed by atoms with Crippen LogP contribution in [0.1, 0.15) is 12.5 Å². The van der Waals surface area contributed by atoms with Gasteiger partial charge in [-0.05, 0) is 18.6 Å². The lowest BCUT2D eigenvalue weighted by Gasteiger charge is -1.86. The summed E-state index contributed by atoms with van der Waals surface area (Å²) in [4.78, 5) is 18.7. The summed E-state index contributed by atoms with van der Waals surface area (Å²) in [6.45, 7) is 1.44. The largest absolute Gasteiger partial charge is 0.304 e. The van der Waals surface area contributed by atoms with Crippen molar-refractivity contribution < 1.29 is 9.59 Å². The number of rotatable bonds is 2. The van der Waals surface area contributed by atoms with Gasteiger partial charge >= 0.3 is 0 Å². The molecule has 0 unspecified atom stereocenters. The van der Waals surface area contributed by atoms with Crippen LogP contribution in [0.15, 0.2) is 36.4 Å². The van der Waals surface area contributed by atoms with Gasteiger partial charge < -0.3 is 4.79 Å². The van der Waals surface area contributed by atoms with Gasteiger partial charge in [0.15, 0.2) is 0 Å². The van der Waals surface area contributed by atoms with E-state index in [1.165, 1.54) is 13.0 Å². The Kier molecular flexibility index (Phi) is 7.30. The van der Waals surface area contributed by atoms with Crippen LogP contribution in [0.25, 0.3) is 6.08 Å². The Morgan fingerprint density at radius 1 is 1.08 bits per heavy atom. The normalized spacial score (nSPS) is 8.69. The average molecular weight is 176 g/mol. The maximum atomic E-state index is 9.89. The van der Waals surface area contributed by atoms with Crippen molar-refractivity contribution in [3.63, 3.8) is 0 Å². The average Bonchev–Trinajstić information content (AvgIpc) is 2.18. The van der Waals surface area contributed by atoms with Crippen molar-refractivity contribution in [1.29, 1.82) is 0 Å². The molecule has 13 heavy (non-hydrogen) atoms. The highest BCUT2D eigenvalue weighted by molar-refractivity contribution is 5.73. The zero-order chi connectivity index (χ0) is 9.94. The molecule has 0 aromatic heterocycles. The molecule has 0 spiro atoms. The summed E-state index contributed by atoms with van der Waals surface area (Å²) in [6, 6.07) is 9.70. The van der Waals surface area contributed by atoms with Crippen LogP contribution >= 0.6 is 0 Å². The summed E-state index contributed by atoms with van der Waals surface area (Å²) in [7, 11) is 0. The topological polar surface area (TPSA) is 34.1 Å². The lowest BCUT2D eigenvalue weighted by Crippen LogP contribution is -1.67. The van der Waals surface area contributed by atoms with Crippen molar-refractivity contribution in [2.24, 2.45) is 0 Å². The van der Waals surface area contributed by atoms with Gasteiger partial charge in [-0.3, -0.25) is 4.79 Å². The van der Waals surface area contributed by atoms with Gasteiger partial charge in [0, 0.05) is 0 Å². The molecule has 0 heterocycles. The molecule has 0 saturated heterocycles. The highest BCUT2D eigenvalue weighted by Gasteiger charge is 1.79. The first-order valence-corrected chi connectivity index (χ1v) is 3.91. The van der Waals surface area contributed by atoms with E-state index in [9.17, 15) is 4.79 Å². The number of allylic oxidation sites excluding steroid dienone is 1. The predicted molar refractivity (Wildman–Crippen MR) is 53.3 cm³/mol. The number of benzene rings is 1. The summed E-state index contributed by atoms with van der Waals surface area (Å²) >= 11 is 0. The van der Waals surface area contributed by atoms with Crippen molar-refractivity contribution in [1.82, 2.24) is 0 Å². The third-order valence-corrected chi connectivity index (χ3v) is 1.17. The number of hydrogen-bond acceptors (Lipinski definition) is 2. The van der Waals surface area contributed by atoms with Crippen LogP contribution in [-0.4, -0.2) is 12.6 Å². The van der Waals surface area contributed by atoms with Crippen LogP contribution in [-0.2, 0) is 9.59 Å². The first-order chi connectivity index (χ1) is 6.35. The molecule has 0 radical (unpaired) electrons. The number of hydrogen-bond donors (Lipinski definition) is 0. The molecule has 1 rings (SSSR count). The minimum Gasteiger partial charge on any atom is -0.304 e. The Labute approximate surface area is 77.9 Å². The zero-order valence-electron chi connectivity index (χ0n) is 7.51. The molecule has 2 heteroatoms. The van der Waals surface area contributed by atoms with Crippen LogP contribution in [0.3, 0.4) is 0 Å². The minimum atomic E-state index is 0.750. The van der Waals surface area contributed by atoms with Gasteiger partial charge in [0.2, 0.25) is 0 Å². The summed E-state index contributed by atoms with van der Waals surface area (Å²) in [5, 5.41) is 0. The molecule has 0 atom stereocenters. The zero-order valence-corrected chi connectivity index (χ0v) is 7.51. The van der Waals surface area contributed by atoms with E-state index in [2.05, 4.69) is 0 Å². The third-order valence-electron chi connectivity index (χ3n) is 1.17. The molecule has 0 N–H and O–H groups in total. The fraction of sp³-hybridized carbons (Fsp3) is 0.0909. The Bertz CT molecular complexity index is 263. The molecule has 0 fully saturated rings. The van der Waals surface area contributed by atoms with Crippen LogP contribution in [0.5, 0.6) is 0 Å². The van der Waals surface area contributed by atoms with Crippen molar-refractivity contribution in [2.75, 3.05) is 0 Å². The summed E-state index contributed by atoms with van der Waals surface area (Å²) in [5.41, 5.74) is 1.05. The molecule has 1 aromatic carbocycles. The van der Waals surface area contributed by atoms with Crippen LogP contribution < -0.4 is 0 Å². The number of carbonyl (C=O) groups is 2. The van der Waals surface area contributed by atoms with E-state index in [0.29, 0.717) is 0 Å².